The molecule has 0 aliphatic carbocycles. The second-order valence-corrected chi connectivity index (χ2v) is 6.57. The molecule has 0 spiro atoms. The first-order valence-electron chi connectivity index (χ1n) is 8.94. The summed E-state index contributed by atoms with van der Waals surface area (Å²) < 4.78 is 10.6. The van der Waals surface area contributed by atoms with E-state index in [0.29, 0.717) is 36.9 Å². The fraction of sp³-hybridized carbons (Fsp3) is 0.400. The van der Waals surface area contributed by atoms with E-state index in [1.165, 1.54) is 12.5 Å². The van der Waals surface area contributed by atoms with Crippen molar-refractivity contribution in [3.8, 4) is 5.75 Å². The Kier molecular flexibility index (Phi) is 5.94. The number of carbonyl (C=O) groups is 2. The van der Waals surface area contributed by atoms with E-state index in [1.54, 1.807) is 13.0 Å². The number of amides is 2. The zero-order valence-corrected chi connectivity index (χ0v) is 14.9. The zero-order chi connectivity index (χ0) is 18.4. The molecule has 1 unspecified atom stereocenters. The first kappa shape index (κ1) is 18.0. The molecule has 138 valence electrons. The summed E-state index contributed by atoms with van der Waals surface area (Å²) in [6.07, 6.45) is 4.19. The highest BCUT2D eigenvalue weighted by molar-refractivity contribution is 5.93. The predicted octanol–water partition coefficient (Wildman–Crippen LogP) is 2.72. The summed E-state index contributed by atoms with van der Waals surface area (Å²) in [5, 5.41) is 2.96. The van der Waals surface area contributed by atoms with E-state index in [9.17, 15) is 9.59 Å². The van der Waals surface area contributed by atoms with Crippen LogP contribution in [-0.4, -0.2) is 42.5 Å². The molecule has 1 fully saturated rings. The van der Waals surface area contributed by atoms with Gasteiger partial charge in [-0.15, -0.1) is 0 Å². The van der Waals surface area contributed by atoms with Gasteiger partial charge in [-0.2, -0.15) is 0 Å². The smallest absolute Gasteiger partial charge is 0.260 e. The average Bonchev–Trinajstić information content (AvgIpc) is 3.21. The quantitative estimate of drug-likeness (QED) is 0.864. The molecule has 1 atom stereocenters. The molecule has 2 amide bonds. The number of nitrogens with one attached hydrogen (secondary N) is 1. The lowest BCUT2D eigenvalue weighted by Crippen LogP contribution is -2.43. The molecule has 6 heteroatoms. The van der Waals surface area contributed by atoms with Gasteiger partial charge in [0.15, 0.2) is 6.10 Å². The fourth-order valence-electron chi connectivity index (χ4n) is 3.05. The van der Waals surface area contributed by atoms with Crippen molar-refractivity contribution < 1.29 is 18.7 Å². The van der Waals surface area contributed by atoms with Gasteiger partial charge in [-0.1, -0.05) is 18.2 Å². The van der Waals surface area contributed by atoms with Crippen LogP contribution in [0.15, 0.2) is 53.3 Å². The van der Waals surface area contributed by atoms with Gasteiger partial charge < -0.3 is 19.4 Å². The van der Waals surface area contributed by atoms with E-state index >= 15 is 0 Å². The van der Waals surface area contributed by atoms with Gasteiger partial charge in [0.2, 0.25) is 0 Å². The van der Waals surface area contributed by atoms with Crippen LogP contribution in [0.1, 0.15) is 30.1 Å². The maximum absolute atomic E-state index is 12.3. The third kappa shape index (κ3) is 4.65. The van der Waals surface area contributed by atoms with E-state index in [1.807, 2.05) is 35.2 Å². The number of ether oxygens (including phenoxy) is 1. The number of benzene rings is 1. The van der Waals surface area contributed by atoms with Gasteiger partial charge in [-0.25, -0.2) is 0 Å². The van der Waals surface area contributed by atoms with Crippen LogP contribution in [0.5, 0.6) is 5.75 Å². The van der Waals surface area contributed by atoms with Gasteiger partial charge >= 0.3 is 0 Å². The molecule has 3 rings (SSSR count). The lowest BCUT2D eigenvalue weighted by molar-refractivity contribution is -0.127. The summed E-state index contributed by atoms with van der Waals surface area (Å²) in [6, 6.07) is 11.0. The normalized spacial score (nSPS) is 16.1. The molecule has 1 N–H and O–H groups in total. The van der Waals surface area contributed by atoms with Crippen molar-refractivity contribution in [3.63, 3.8) is 0 Å². The number of rotatable bonds is 6. The van der Waals surface area contributed by atoms with Crippen molar-refractivity contribution in [3.05, 3.63) is 54.5 Å². The second kappa shape index (κ2) is 8.56. The number of furan rings is 1. The van der Waals surface area contributed by atoms with Crippen molar-refractivity contribution in [1.29, 1.82) is 0 Å². The summed E-state index contributed by atoms with van der Waals surface area (Å²) in [5.74, 6) is 0.939. The molecule has 1 aliphatic heterocycles. The van der Waals surface area contributed by atoms with Crippen LogP contribution in [0.3, 0.4) is 0 Å². The predicted molar refractivity (Wildman–Crippen MR) is 96.9 cm³/mol. The van der Waals surface area contributed by atoms with Gasteiger partial charge in [-0.3, -0.25) is 9.59 Å². The van der Waals surface area contributed by atoms with Gasteiger partial charge in [0.25, 0.3) is 11.8 Å². The summed E-state index contributed by atoms with van der Waals surface area (Å²) in [6.45, 7) is 3.74. The number of nitrogens with zero attached hydrogens (tertiary/aromatic N) is 1. The van der Waals surface area contributed by atoms with Crippen molar-refractivity contribution in [2.75, 3.05) is 19.6 Å². The average molecular weight is 356 g/mol. The highest BCUT2D eigenvalue weighted by Crippen LogP contribution is 2.19. The van der Waals surface area contributed by atoms with E-state index < -0.39 is 6.10 Å². The third-order valence-corrected chi connectivity index (χ3v) is 4.66. The minimum Gasteiger partial charge on any atom is -0.481 e. The highest BCUT2D eigenvalue weighted by Gasteiger charge is 2.25. The zero-order valence-electron chi connectivity index (χ0n) is 14.9. The van der Waals surface area contributed by atoms with Gasteiger partial charge in [0, 0.05) is 19.6 Å². The standard InChI is InChI=1S/C20H24N2O4/c1-15(26-18-5-3-2-4-6-18)19(23)21-13-16-7-10-22(11-8-16)20(24)17-9-12-25-14-17/h2-6,9,12,14-16H,7-8,10-11,13H2,1H3,(H,21,23). The van der Waals surface area contributed by atoms with Gasteiger partial charge in [0.1, 0.15) is 12.0 Å². The Morgan fingerprint density at radius 3 is 2.62 bits per heavy atom. The van der Waals surface area contributed by atoms with Crippen molar-refractivity contribution in [2.45, 2.75) is 25.9 Å². The molecular formula is C20H24N2O4. The minimum absolute atomic E-state index is 0.00567. The Bertz CT molecular complexity index is 707. The molecule has 1 saturated heterocycles. The molecule has 0 radical (unpaired) electrons. The van der Waals surface area contributed by atoms with Crippen LogP contribution in [0.25, 0.3) is 0 Å². The first-order chi connectivity index (χ1) is 12.6. The second-order valence-electron chi connectivity index (χ2n) is 6.57. The Balaban J connectivity index is 1.39. The third-order valence-electron chi connectivity index (χ3n) is 4.66. The van der Waals surface area contributed by atoms with E-state index in [4.69, 9.17) is 9.15 Å². The molecule has 6 nitrogen and oxygen atoms in total. The number of likely N-dealkylation sites (tertiary alicyclic amines) is 1. The van der Waals surface area contributed by atoms with Gasteiger partial charge in [0.05, 0.1) is 11.8 Å². The van der Waals surface area contributed by atoms with Crippen molar-refractivity contribution in [1.82, 2.24) is 10.2 Å². The lowest BCUT2D eigenvalue weighted by Gasteiger charge is -2.32. The van der Waals surface area contributed by atoms with Crippen LogP contribution in [0, 0.1) is 5.92 Å². The molecule has 2 heterocycles. The topological polar surface area (TPSA) is 71.8 Å². The van der Waals surface area contributed by atoms with E-state index in [2.05, 4.69) is 5.32 Å². The SMILES string of the molecule is CC(Oc1ccccc1)C(=O)NCC1CCN(C(=O)c2ccoc2)CC1. The van der Waals surface area contributed by atoms with E-state index in [-0.39, 0.29) is 11.8 Å². The molecule has 26 heavy (non-hydrogen) atoms. The Labute approximate surface area is 153 Å². The molecule has 2 aromatic rings. The van der Waals surface area contributed by atoms with Crippen LogP contribution in [0.2, 0.25) is 0 Å². The number of hydrogen-bond donors (Lipinski definition) is 1. The highest BCUT2D eigenvalue weighted by atomic mass is 16.5. The maximum atomic E-state index is 12.3. The summed E-state index contributed by atoms with van der Waals surface area (Å²) in [5.41, 5.74) is 0.587. The minimum atomic E-state index is -0.542. The molecule has 1 aliphatic rings. The molecule has 1 aromatic heterocycles. The summed E-state index contributed by atoms with van der Waals surface area (Å²) >= 11 is 0. The Hall–Kier alpha value is -2.76. The Morgan fingerprint density at radius 1 is 1.23 bits per heavy atom. The lowest BCUT2D eigenvalue weighted by atomic mass is 9.96. The van der Waals surface area contributed by atoms with Crippen LogP contribution < -0.4 is 10.1 Å². The van der Waals surface area contributed by atoms with Crippen LogP contribution in [-0.2, 0) is 4.79 Å². The van der Waals surface area contributed by atoms with Crippen LogP contribution >= 0.6 is 0 Å². The molecule has 1 aromatic carbocycles. The van der Waals surface area contributed by atoms with Crippen LogP contribution in [0.4, 0.5) is 0 Å². The Morgan fingerprint density at radius 2 is 1.96 bits per heavy atom. The first-order valence-corrected chi connectivity index (χ1v) is 8.94. The largest absolute Gasteiger partial charge is 0.481 e. The molecule has 0 saturated carbocycles. The van der Waals surface area contributed by atoms with Gasteiger partial charge in [-0.05, 0) is 43.9 Å². The summed E-state index contributed by atoms with van der Waals surface area (Å²) in [4.78, 5) is 26.3. The molecular weight excluding hydrogens is 332 g/mol. The number of carbonyl (C=O) groups excluding carboxylic acids is 2. The van der Waals surface area contributed by atoms with Crippen molar-refractivity contribution in [2.24, 2.45) is 5.92 Å². The number of hydrogen-bond acceptors (Lipinski definition) is 4. The van der Waals surface area contributed by atoms with Crippen molar-refractivity contribution >= 4 is 11.8 Å². The summed E-state index contributed by atoms with van der Waals surface area (Å²) in [7, 11) is 0. The molecule has 0 bridgehead atoms. The number of para-hydroxylation sites is 1. The fourth-order valence-corrected chi connectivity index (χ4v) is 3.05. The maximum Gasteiger partial charge on any atom is 0.260 e. The monoisotopic (exact) mass is 356 g/mol. The van der Waals surface area contributed by atoms with E-state index in [0.717, 1.165) is 12.8 Å². The number of piperidine rings is 1.